The molecule has 1 saturated heterocycles. The van der Waals surface area contributed by atoms with Crippen LogP contribution in [0.3, 0.4) is 0 Å². The predicted octanol–water partition coefficient (Wildman–Crippen LogP) is 2.77. The van der Waals surface area contributed by atoms with Gasteiger partial charge in [-0.25, -0.2) is 18.0 Å². The number of fused-ring (bicyclic) bond motifs is 10. The summed E-state index contributed by atoms with van der Waals surface area (Å²) in [5.74, 6) is -2.72. The molecule has 5 amide bonds. The highest BCUT2D eigenvalue weighted by atomic mass is 32.2. The van der Waals surface area contributed by atoms with Crippen molar-refractivity contribution >= 4 is 46.0 Å². The van der Waals surface area contributed by atoms with Crippen LogP contribution in [0, 0.1) is 11.3 Å². The number of amides is 5. The van der Waals surface area contributed by atoms with Gasteiger partial charge in [-0.05, 0) is 60.6 Å². The number of carbonyl (C=O) groups excluding carboxylic acids is 5. The molecular weight excluding hydrogens is 678 g/mol. The quantitative estimate of drug-likeness (QED) is 0.372. The maximum atomic E-state index is 14.3. The molecule has 0 spiro atoms. The number of nitrogens with zero attached hydrogens (tertiary/aromatic N) is 2. The number of hydrogen-bond acceptors (Lipinski definition) is 9. The molecule has 3 N–H and O–H groups in total. The first-order valence-corrected chi connectivity index (χ1v) is 19.1. The predicted molar refractivity (Wildman–Crippen MR) is 186 cm³/mol. The van der Waals surface area contributed by atoms with E-state index in [0.717, 1.165) is 16.7 Å². The van der Waals surface area contributed by atoms with Crippen molar-refractivity contribution in [2.75, 3.05) is 19.7 Å². The van der Waals surface area contributed by atoms with Crippen LogP contribution in [0.5, 0.6) is 0 Å². The molecule has 1 aromatic rings. The van der Waals surface area contributed by atoms with E-state index in [1.165, 1.54) is 11.0 Å². The summed E-state index contributed by atoms with van der Waals surface area (Å²) in [6.45, 7) is 9.78. The van der Waals surface area contributed by atoms with Gasteiger partial charge in [-0.15, -0.1) is 6.58 Å². The van der Waals surface area contributed by atoms with Gasteiger partial charge in [0.15, 0.2) is 0 Å². The van der Waals surface area contributed by atoms with Gasteiger partial charge in [0, 0.05) is 25.4 Å². The third-order valence-corrected chi connectivity index (χ3v) is 12.2. The average molecular weight is 726 g/mol. The lowest BCUT2D eigenvalue weighted by atomic mass is 9.85. The van der Waals surface area contributed by atoms with Crippen molar-refractivity contribution in [3.63, 3.8) is 0 Å². The number of hydrogen-bond donors (Lipinski definition) is 3. The zero-order valence-corrected chi connectivity index (χ0v) is 30.1. The maximum Gasteiger partial charge on any atom is 0.410 e. The largest absolute Gasteiger partial charge is 0.450 e. The molecule has 1 unspecified atom stereocenters. The highest BCUT2D eigenvalue weighted by Gasteiger charge is 2.62. The van der Waals surface area contributed by atoms with Gasteiger partial charge < -0.3 is 29.9 Å². The lowest BCUT2D eigenvalue weighted by Gasteiger charge is -2.35. The minimum absolute atomic E-state index is 0.0825. The van der Waals surface area contributed by atoms with Gasteiger partial charge in [0.05, 0.1) is 18.4 Å². The van der Waals surface area contributed by atoms with Crippen molar-refractivity contribution in [2.24, 2.45) is 11.3 Å². The fraction of sp³-hybridized carbons (Fsp3) is 0.583. The highest BCUT2D eigenvalue weighted by Crippen LogP contribution is 2.45. The third-order valence-electron chi connectivity index (χ3n) is 10.3. The second-order valence-electron chi connectivity index (χ2n) is 15.2. The van der Waals surface area contributed by atoms with Crippen LogP contribution in [0.2, 0.25) is 0 Å². The Hall–Kier alpha value is -4.40. The Kier molecular flexibility index (Phi) is 9.96. The van der Waals surface area contributed by atoms with Crippen molar-refractivity contribution in [3.8, 4) is 0 Å². The number of ether oxygens (including phenoxy) is 2. The van der Waals surface area contributed by atoms with Crippen LogP contribution in [0.1, 0.15) is 76.0 Å². The number of alkyl carbamates (subject to hydrolysis) is 1. The van der Waals surface area contributed by atoms with Crippen molar-refractivity contribution in [1.29, 1.82) is 0 Å². The zero-order chi connectivity index (χ0) is 36.7. The summed E-state index contributed by atoms with van der Waals surface area (Å²) in [5, 5.41) is 4.77. The van der Waals surface area contributed by atoms with Crippen LogP contribution >= 0.6 is 0 Å². The van der Waals surface area contributed by atoms with E-state index in [1.807, 2.05) is 30.4 Å². The Bertz CT molecular complexity index is 1750. The lowest BCUT2D eigenvalue weighted by Crippen LogP contribution is -2.60. The van der Waals surface area contributed by atoms with Crippen LogP contribution in [-0.4, -0.2) is 96.8 Å². The van der Waals surface area contributed by atoms with E-state index in [-0.39, 0.29) is 26.0 Å². The number of carbonyl (C=O) groups is 5. The van der Waals surface area contributed by atoms with Crippen molar-refractivity contribution < 1.29 is 41.9 Å². The second kappa shape index (κ2) is 14.0. The van der Waals surface area contributed by atoms with Crippen LogP contribution in [0.4, 0.5) is 9.59 Å². The van der Waals surface area contributed by atoms with Crippen molar-refractivity contribution in [2.45, 2.75) is 101 Å². The standard InChI is InChI=1S/C36H47N5O9S/c1-5-24-19-36(24,32(44)39-51(47,48)26-13-14-26)38-30(42)28-18-25-21-41(28)31(43)29(35(2,3)4)37-33(45)49-17-8-6-7-10-22-11-9-12-23-20-40(34(46)50-25)16-15-27(22)23/h5,7,9-12,24-26,28-29H,1,6,8,13-21H2,2-4H3,(H,37,45)(H,38,42)(H,39,44)/t24-,25-,28?,29-,36-/m1/s1. The van der Waals surface area contributed by atoms with E-state index < -0.39 is 80.2 Å². The molecule has 6 bridgehead atoms. The van der Waals surface area contributed by atoms with Crippen molar-refractivity contribution in [3.05, 3.63) is 53.6 Å². The maximum absolute atomic E-state index is 14.3. The molecular formula is C36H47N5O9S. The molecule has 276 valence electrons. The Labute approximate surface area is 298 Å². The first-order chi connectivity index (χ1) is 24.1. The van der Waals surface area contributed by atoms with Gasteiger partial charge in [-0.2, -0.15) is 0 Å². The van der Waals surface area contributed by atoms with E-state index in [1.54, 1.807) is 25.7 Å². The molecule has 4 aliphatic heterocycles. The summed E-state index contributed by atoms with van der Waals surface area (Å²) in [7, 11) is -3.91. The molecule has 14 nitrogen and oxygen atoms in total. The van der Waals surface area contributed by atoms with E-state index in [2.05, 4.69) is 21.9 Å². The van der Waals surface area contributed by atoms with Gasteiger partial charge in [-0.3, -0.25) is 19.1 Å². The van der Waals surface area contributed by atoms with Gasteiger partial charge in [0.1, 0.15) is 23.7 Å². The van der Waals surface area contributed by atoms with Gasteiger partial charge in [-0.1, -0.05) is 57.2 Å². The fourth-order valence-corrected chi connectivity index (χ4v) is 8.48. The summed E-state index contributed by atoms with van der Waals surface area (Å²) < 4.78 is 38.8. The summed E-state index contributed by atoms with van der Waals surface area (Å²) >= 11 is 0. The Morgan fingerprint density at radius 1 is 1.16 bits per heavy atom. The highest BCUT2D eigenvalue weighted by molar-refractivity contribution is 7.91. The van der Waals surface area contributed by atoms with Crippen LogP contribution in [-0.2, 0) is 46.8 Å². The Balaban J connectivity index is 1.27. The molecule has 4 heterocycles. The van der Waals surface area contributed by atoms with E-state index >= 15 is 0 Å². The van der Waals surface area contributed by atoms with Gasteiger partial charge >= 0.3 is 12.2 Å². The number of rotatable bonds is 6. The zero-order valence-electron chi connectivity index (χ0n) is 29.3. The smallest absolute Gasteiger partial charge is 0.410 e. The molecule has 6 aliphatic rings. The first kappa shape index (κ1) is 36.4. The van der Waals surface area contributed by atoms with Gasteiger partial charge in [0.25, 0.3) is 5.91 Å². The normalized spacial score (nSPS) is 28.6. The van der Waals surface area contributed by atoms with Crippen molar-refractivity contribution in [1.82, 2.24) is 25.2 Å². The van der Waals surface area contributed by atoms with E-state index in [4.69, 9.17) is 9.47 Å². The van der Waals surface area contributed by atoms with Crippen LogP contribution < -0.4 is 15.4 Å². The molecule has 15 heteroatoms. The summed E-state index contributed by atoms with van der Waals surface area (Å²) in [6.07, 6.45) is 6.05. The SMILES string of the molecule is C=C[C@@H]1C[C@]1(NC(=O)C1C[C@@H]2CN1C(=O)[C@H](C(C)(C)C)NC(=O)OCCCC=Cc1cccc3c1CCN(C3)C(=O)O2)C(=O)NS(=O)(=O)C1CC1. The minimum Gasteiger partial charge on any atom is -0.450 e. The fourth-order valence-electron chi connectivity index (χ4n) is 7.11. The molecule has 5 atom stereocenters. The summed E-state index contributed by atoms with van der Waals surface area (Å²) in [5.41, 5.74) is 0.801. The number of nitrogens with one attached hydrogen (secondary N) is 3. The minimum atomic E-state index is -3.91. The lowest BCUT2D eigenvalue weighted by molar-refractivity contribution is -0.142. The van der Waals surface area contributed by atoms with Gasteiger partial charge in [0.2, 0.25) is 21.8 Å². The summed E-state index contributed by atoms with van der Waals surface area (Å²) in [6, 6.07) is 3.60. The molecule has 0 radical (unpaired) electrons. The molecule has 2 aliphatic carbocycles. The van der Waals surface area contributed by atoms with Crippen LogP contribution in [0.15, 0.2) is 36.9 Å². The second-order valence-corrected chi connectivity index (χ2v) is 17.2. The number of sulfonamides is 1. The Morgan fingerprint density at radius 3 is 2.61 bits per heavy atom. The monoisotopic (exact) mass is 725 g/mol. The Morgan fingerprint density at radius 2 is 1.92 bits per heavy atom. The topological polar surface area (TPSA) is 181 Å². The molecule has 7 rings (SSSR count). The molecule has 2 saturated carbocycles. The molecule has 0 aromatic heterocycles. The first-order valence-electron chi connectivity index (χ1n) is 17.6. The molecule has 1 aromatic carbocycles. The number of benzene rings is 1. The molecule has 51 heavy (non-hydrogen) atoms. The van der Waals surface area contributed by atoms with E-state index in [9.17, 15) is 32.4 Å². The average Bonchev–Trinajstić information content (AvgIpc) is 4.00. The van der Waals surface area contributed by atoms with Crippen LogP contribution in [0.25, 0.3) is 6.08 Å². The van der Waals surface area contributed by atoms with E-state index in [0.29, 0.717) is 45.2 Å². The number of allylic oxidation sites excluding steroid dienone is 1. The third kappa shape index (κ3) is 7.77. The summed E-state index contributed by atoms with van der Waals surface area (Å²) in [4.78, 5) is 71.3. The molecule has 3 fully saturated rings.